The summed E-state index contributed by atoms with van der Waals surface area (Å²) in [5.41, 5.74) is 2.33. The molecular weight excluding hydrogens is 346 g/mol. The molecule has 0 heterocycles. The molecule has 2 aromatic rings. The maximum Gasteiger partial charge on any atom is 0.331 e. The van der Waals surface area contributed by atoms with Gasteiger partial charge in [0.05, 0.1) is 14.2 Å². The quantitative estimate of drug-likeness (QED) is 0.596. The first kappa shape index (κ1) is 20.0. The Morgan fingerprint density at radius 3 is 2.52 bits per heavy atom. The predicted octanol–water partition coefficient (Wildman–Crippen LogP) is 3.60. The summed E-state index contributed by atoms with van der Waals surface area (Å²) >= 11 is 0. The van der Waals surface area contributed by atoms with Crippen LogP contribution in [0.4, 0.5) is 5.69 Å². The van der Waals surface area contributed by atoms with Gasteiger partial charge in [-0.1, -0.05) is 12.1 Å². The van der Waals surface area contributed by atoms with Crippen molar-refractivity contribution in [2.24, 2.45) is 0 Å². The van der Waals surface area contributed by atoms with Crippen LogP contribution in [0.1, 0.15) is 18.1 Å². The number of methoxy groups -OCH3 is 2. The smallest absolute Gasteiger partial charge is 0.331 e. The molecule has 0 spiro atoms. The van der Waals surface area contributed by atoms with E-state index < -0.39 is 18.0 Å². The number of nitrogens with one attached hydrogen (secondary N) is 1. The first-order chi connectivity index (χ1) is 12.9. The number of anilines is 1. The summed E-state index contributed by atoms with van der Waals surface area (Å²) in [6.07, 6.45) is 1.86. The molecule has 6 heteroatoms. The second-order valence-corrected chi connectivity index (χ2v) is 5.88. The Balaban J connectivity index is 1.98. The maximum absolute atomic E-state index is 12.2. The summed E-state index contributed by atoms with van der Waals surface area (Å²) in [4.78, 5) is 24.2. The van der Waals surface area contributed by atoms with Crippen LogP contribution in [0.15, 0.2) is 48.5 Å². The van der Waals surface area contributed by atoms with E-state index in [1.54, 1.807) is 37.5 Å². The minimum Gasteiger partial charge on any atom is -0.497 e. The third-order valence-corrected chi connectivity index (χ3v) is 3.78. The highest BCUT2D eigenvalue weighted by Gasteiger charge is 2.16. The molecule has 1 atom stereocenters. The minimum atomic E-state index is -0.935. The van der Waals surface area contributed by atoms with Crippen molar-refractivity contribution < 1.29 is 23.8 Å². The van der Waals surface area contributed by atoms with Crippen LogP contribution in [-0.2, 0) is 14.3 Å². The summed E-state index contributed by atoms with van der Waals surface area (Å²) < 4.78 is 15.6. The van der Waals surface area contributed by atoms with Gasteiger partial charge >= 0.3 is 5.97 Å². The Morgan fingerprint density at radius 1 is 1.07 bits per heavy atom. The van der Waals surface area contributed by atoms with Crippen molar-refractivity contribution in [2.75, 3.05) is 19.5 Å². The molecule has 0 bridgehead atoms. The largest absolute Gasteiger partial charge is 0.497 e. The average Bonchev–Trinajstić information content (AvgIpc) is 2.66. The molecule has 0 unspecified atom stereocenters. The highest BCUT2D eigenvalue weighted by Crippen LogP contribution is 2.25. The van der Waals surface area contributed by atoms with Crippen molar-refractivity contribution in [3.8, 4) is 11.5 Å². The molecule has 0 aromatic heterocycles. The molecule has 142 valence electrons. The second kappa shape index (κ2) is 9.43. The van der Waals surface area contributed by atoms with E-state index in [0.717, 1.165) is 5.56 Å². The fourth-order valence-corrected chi connectivity index (χ4v) is 2.36. The second-order valence-electron chi connectivity index (χ2n) is 5.88. The third kappa shape index (κ3) is 5.88. The van der Waals surface area contributed by atoms with Gasteiger partial charge < -0.3 is 19.5 Å². The molecule has 2 aromatic carbocycles. The van der Waals surface area contributed by atoms with Gasteiger partial charge in [0.15, 0.2) is 6.10 Å². The topological polar surface area (TPSA) is 73.9 Å². The molecule has 0 saturated heterocycles. The van der Waals surface area contributed by atoms with Crippen LogP contribution in [0, 0.1) is 6.92 Å². The summed E-state index contributed by atoms with van der Waals surface area (Å²) in [7, 11) is 3.09. The maximum atomic E-state index is 12.2. The first-order valence-corrected chi connectivity index (χ1v) is 8.41. The number of esters is 1. The number of benzene rings is 2. The van der Waals surface area contributed by atoms with Crippen molar-refractivity contribution in [3.05, 3.63) is 59.7 Å². The zero-order valence-corrected chi connectivity index (χ0v) is 15.8. The van der Waals surface area contributed by atoms with E-state index in [0.29, 0.717) is 22.7 Å². The van der Waals surface area contributed by atoms with E-state index in [4.69, 9.17) is 14.2 Å². The molecule has 0 aliphatic rings. The SMILES string of the molecule is COc1ccc(OC)c(/C=C/C(=O)O[C@@H](C)C(=O)Nc2cccc(C)c2)c1. The third-order valence-electron chi connectivity index (χ3n) is 3.78. The lowest BCUT2D eigenvalue weighted by Gasteiger charge is -2.12. The van der Waals surface area contributed by atoms with Crippen molar-refractivity contribution in [3.63, 3.8) is 0 Å². The molecule has 0 saturated carbocycles. The van der Waals surface area contributed by atoms with Crippen LogP contribution in [-0.4, -0.2) is 32.2 Å². The minimum absolute atomic E-state index is 0.402. The van der Waals surface area contributed by atoms with Crippen LogP contribution < -0.4 is 14.8 Å². The van der Waals surface area contributed by atoms with E-state index in [2.05, 4.69) is 5.32 Å². The fraction of sp³-hybridized carbons (Fsp3) is 0.238. The molecule has 6 nitrogen and oxygen atoms in total. The zero-order chi connectivity index (χ0) is 19.8. The lowest BCUT2D eigenvalue weighted by Crippen LogP contribution is -2.29. The molecule has 1 amide bonds. The van der Waals surface area contributed by atoms with Crippen molar-refractivity contribution >= 4 is 23.6 Å². The fourth-order valence-electron chi connectivity index (χ4n) is 2.36. The Kier molecular flexibility index (Phi) is 7.00. The Bertz CT molecular complexity index is 844. The molecule has 0 aliphatic heterocycles. The van der Waals surface area contributed by atoms with Crippen LogP contribution >= 0.6 is 0 Å². The van der Waals surface area contributed by atoms with E-state index in [9.17, 15) is 9.59 Å². The molecular formula is C21H23NO5. The van der Waals surface area contributed by atoms with Gasteiger partial charge in [-0.25, -0.2) is 4.79 Å². The number of hydrogen-bond acceptors (Lipinski definition) is 5. The molecule has 0 radical (unpaired) electrons. The lowest BCUT2D eigenvalue weighted by molar-refractivity contribution is -0.148. The van der Waals surface area contributed by atoms with Crippen LogP contribution in [0.5, 0.6) is 11.5 Å². The average molecular weight is 369 g/mol. The Labute approximate surface area is 158 Å². The number of aryl methyl sites for hydroxylation is 1. The highest BCUT2D eigenvalue weighted by atomic mass is 16.5. The molecule has 27 heavy (non-hydrogen) atoms. The van der Waals surface area contributed by atoms with Gasteiger partial charge in [-0.05, 0) is 55.8 Å². The standard InChI is InChI=1S/C21H23NO5/c1-14-6-5-7-17(12-14)22-21(24)15(2)27-20(23)11-8-16-13-18(25-3)9-10-19(16)26-4/h5-13,15H,1-4H3,(H,22,24)/b11-8+/t15-/m0/s1. The molecule has 0 aliphatic carbocycles. The van der Waals surface area contributed by atoms with Gasteiger partial charge in [0.1, 0.15) is 11.5 Å². The van der Waals surface area contributed by atoms with Crippen LogP contribution in [0.25, 0.3) is 6.08 Å². The van der Waals surface area contributed by atoms with Gasteiger partial charge in [-0.2, -0.15) is 0 Å². The molecule has 1 N–H and O–H groups in total. The lowest BCUT2D eigenvalue weighted by atomic mass is 10.1. The number of amides is 1. The Hall–Kier alpha value is -3.28. The van der Waals surface area contributed by atoms with Crippen LogP contribution in [0.3, 0.4) is 0 Å². The molecule has 2 rings (SSSR count). The van der Waals surface area contributed by atoms with E-state index in [1.807, 2.05) is 25.1 Å². The van der Waals surface area contributed by atoms with Gasteiger partial charge in [-0.3, -0.25) is 4.79 Å². The van der Waals surface area contributed by atoms with Crippen molar-refractivity contribution in [2.45, 2.75) is 20.0 Å². The van der Waals surface area contributed by atoms with E-state index in [-0.39, 0.29) is 0 Å². The summed E-state index contributed by atoms with van der Waals surface area (Å²) in [6.45, 7) is 3.44. The number of hydrogen-bond donors (Lipinski definition) is 1. The Morgan fingerprint density at radius 2 is 1.85 bits per heavy atom. The number of carbonyl (C=O) groups is 2. The predicted molar refractivity (Wildman–Crippen MR) is 104 cm³/mol. The summed E-state index contributed by atoms with van der Waals surface area (Å²) in [5.74, 6) is 0.188. The van der Waals surface area contributed by atoms with Crippen molar-refractivity contribution in [1.82, 2.24) is 0 Å². The molecule has 0 fully saturated rings. The van der Waals surface area contributed by atoms with Crippen LogP contribution in [0.2, 0.25) is 0 Å². The zero-order valence-electron chi connectivity index (χ0n) is 15.8. The van der Waals surface area contributed by atoms with E-state index >= 15 is 0 Å². The normalized spacial score (nSPS) is 11.7. The van der Waals surface area contributed by atoms with Gasteiger partial charge in [0.2, 0.25) is 0 Å². The summed E-state index contributed by atoms with van der Waals surface area (Å²) in [5, 5.41) is 2.72. The van der Waals surface area contributed by atoms with Gasteiger partial charge in [-0.15, -0.1) is 0 Å². The monoisotopic (exact) mass is 369 g/mol. The number of ether oxygens (including phenoxy) is 3. The number of rotatable bonds is 7. The number of carbonyl (C=O) groups excluding carboxylic acids is 2. The van der Waals surface area contributed by atoms with Crippen molar-refractivity contribution in [1.29, 1.82) is 0 Å². The highest BCUT2D eigenvalue weighted by molar-refractivity contribution is 5.96. The first-order valence-electron chi connectivity index (χ1n) is 8.41. The van der Waals surface area contributed by atoms with Gasteiger partial charge in [0.25, 0.3) is 5.91 Å². The van der Waals surface area contributed by atoms with E-state index in [1.165, 1.54) is 20.1 Å². The van der Waals surface area contributed by atoms with Gasteiger partial charge in [0, 0.05) is 17.3 Å². The summed E-state index contributed by atoms with van der Waals surface area (Å²) in [6, 6.07) is 12.6.